The summed E-state index contributed by atoms with van der Waals surface area (Å²) in [5.74, 6) is 0.418. The van der Waals surface area contributed by atoms with E-state index in [1.807, 2.05) is 0 Å². The van der Waals surface area contributed by atoms with E-state index in [0.29, 0.717) is 6.54 Å². The molecule has 0 aliphatic heterocycles. The Balaban J connectivity index is 2.45. The number of nitrogens with one attached hydrogen (secondary N) is 1. The highest BCUT2D eigenvalue weighted by molar-refractivity contribution is 5.38. The van der Waals surface area contributed by atoms with Crippen LogP contribution in [0.4, 0.5) is 0 Å². The van der Waals surface area contributed by atoms with Crippen molar-refractivity contribution in [1.29, 1.82) is 0 Å². The fourth-order valence-corrected chi connectivity index (χ4v) is 1.24. The van der Waals surface area contributed by atoms with Crippen LogP contribution >= 0.6 is 0 Å². The Morgan fingerprint density at radius 2 is 2.07 bits per heavy atom. The molecule has 0 amide bonds. The highest BCUT2D eigenvalue weighted by Crippen LogP contribution is 2.21. The molecule has 3 N–H and O–H groups in total. The molecule has 1 rings (SSSR count). The average molecular weight is 195 g/mol. The number of phenols is 2. The number of benzene rings is 1. The fourth-order valence-electron chi connectivity index (χ4n) is 1.24. The van der Waals surface area contributed by atoms with Gasteiger partial charge in [0.2, 0.25) is 0 Å². The largest absolute Gasteiger partial charge is 0.508 e. The molecule has 0 heterocycles. The number of phenolic OH excluding ortho intramolecular Hbond substituents is 2. The van der Waals surface area contributed by atoms with E-state index in [2.05, 4.69) is 12.2 Å². The Morgan fingerprint density at radius 1 is 1.29 bits per heavy atom. The summed E-state index contributed by atoms with van der Waals surface area (Å²) in [7, 11) is 0. The van der Waals surface area contributed by atoms with Crippen molar-refractivity contribution in [3.8, 4) is 11.5 Å². The van der Waals surface area contributed by atoms with E-state index in [9.17, 15) is 10.2 Å². The van der Waals surface area contributed by atoms with Crippen molar-refractivity contribution in [2.24, 2.45) is 0 Å². The summed E-state index contributed by atoms with van der Waals surface area (Å²) in [6.07, 6.45) is 2.28. The molecule has 0 unspecified atom stereocenters. The van der Waals surface area contributed by atoms with Crippen LogP contribution in [0, 0.1) is 0 Å². The zero-order chi connectivity index (χ0) is 10.4. The van der Waals surface area contributed by atoms with Gasteiger partial charge in [-0.1, -0.05) is 13.3 Å². The molecule has 0 spiro atoms. The maximum absolute atomic E-state index is 9.44. The number of unbranched alkanes of at least 4 members (excludes halogenated alkanes) is 1. The van der Waals surface area contributed by atoms with Crippen LogP contribution in [0.5, 0.6) is 11.5 Å². The molecule has 0 atom stereocenters. The molecular weight excluding hydrogens is 178 g/mol. The van der Waals surface area contributed by atoms with E-state index in [4.69, 9.17) is 0 Å². The highest BCUT2D eigenvalue weighted by atomic mass is 16.3. The number of hydrogen-bond donors (Lipinski definition) is 3. The van der Waals surface area contributed by atoms with Crippen molar-refractivity contribution < 1.29 is 10.2 Å². The second-order valence-electron chi connectivity index (χ2n) is 3.34. The third kappa shape index (κ3) is 3.26. The van der Waals surface area contributed by atoms with E-state index in [1.54, 1.807) is 6.07 Å². The topological polar surface area (TPSA) is 52.5 Å². The second-order valence-corrected chi connectivity index (χ2v) is 3.34. The van der Waals surface area contributed by atoms with Crippen molar-refractivity contribution in [3.63, 3.8) is 0 Å². The van der Waals surface area contributed by atoms with Crippen LogP contribution in [0.3, 0.4) is 0 Å². The van der Waals surface area contributed by atoms with Gasteiger partial charge in [-0.25, -0.2) is 0 Å². The third-order valence-corrected chi connectivity index (χ3v) is 2.09. The lowest BCUT2D eigenvalue weighted by molar-refractivity contribution is 0.451. The molecule has 1 aromatic rings. The summed E-state index contributed by atoms with van der Waals surface area (Å²) < 4.78 is 0. The Bertz CT molecular complexity index is 287. The monoisotopic (exact) mass is 195 g/mol. The average Bonchev–Trinajstić information content (AvgIpc) is 2.18. The van der Waals surface area contributed by atoms with Gasteiger partial charge in [0, 0.05) is 12.1 Å². The first-order valence-electron chi connectivity index (χ1n) is 4.95. The van der Waals surface area contributed by atoms with Crippen LogP contribution in [0.2, 0.25) is 0 Å². The van der Waals surface area contributed by atoms with E-state index >= 15 is 0 Å². The van der Waals surface area contributed by atoms with Crippen molar-refractivity contribution in [3.05, 3.63) is 23.8 Å². The van der Waals surface area contributed by atoms with Crippen molar-refractivity contribution >= 4 is 0 Å². The number of rotatable bonds is 5. The standard InChI is InChI=1S/C11H17NO2/c1-2-3-6-12-8-9-7-10(13)4-5-11(9)14/h4-5,7,12-14H,2-3,6,8H2,1H3. The van der Waals surface area contributed by atoms with Crippen molar-refractivity contribution in [2.75, 3.05) is 6.54 Å². The zero-order valence-corrected chi connectivity index (χ0v) is 8.45. The van der Waals surface area contributed by atoms with Gasteiger partial charge in [0.05, 0.1) is 0 Å². The first-order chi connectivity index (χ1) is 6.74. The van der Waals surface area contributed by atoms with Crippen molar-refractivity contribution in [1.82, 2.24) is 5.32 Å². The summed E-state index contributed by atoms with van der Waals surface area (Å²) in [5, 5.41) is 21.8. The quantitative estimate of drug-likeness (QED) is 0.497. The molecule has 0 saturated carbocycles. The highest BCUT2D eigenvalue weighted by Gasteiger charge is 2.01. The van der Waals surface area contributed by atoms with E-state index in [0.717, 1.165) is 24.9 Å². The lowest BCUT2D eigenvalue weighted by atomic mass is 10.2. The molecule has 78 valence electrons. The molecule has 0 fully saturated rings. The fraction of sp³-hybridized carbons (Fsp3) is 0.455. The smallest absolute Gasteiger partial charge is 0.120 e. The molecule has 0 radical (unpaired) electrons. The maximum atomic E-state index is 9.44. The molecule has 0 saturated heterocycles. The van der Waals surface area contributed by atoms with Gasteiger partial charge in [-0.05, 0) is 31.2 Å². The summed E-state index contributed by atoms with van der Waals surface area (Å²) in [4.78, 5) is 0. The first-order valence-corrected chi connectivity index (χ1v) is 4.95. The number of hydrogen-bond acceptors (Lipinski definition) is 3. The van der Waals surface area contributed by atoms with Gasteiger partial charge < -0.3 is 15.5 Å². The van der Waals surface area contributed by atoms with E-state index in [-0.39, 0.29) is 11.5 Å². The number of aromatic hydroxyl groups is 2. The summed E-state index contributed by atoms with van der Waals surface area (Å²) in [5.41, 5.74) is 0.737. The molecule has 1 aromatic carbocycles. The molecule has 3 heteroatoms. The summed E-state index contributed by atoms with van der Waals surface area (Å²) in [6.45, 7) is 3.67. The molecule has 0 aliphatic rings. The van der Waals surface area contributed by atoms with Gasteiger partial charge in [0.1, 0.15) is 11.5 Å². The van der Waals surface area contributed by atoms with Gasteiger partial charge in [-0.2, -0.15) is 0 Å². The third-order valence-electron chi connectivity index (χ3n) is 2.09. The summed E-state index contributed by atoms with van der Waals surface area (Å²) >= 11 is 0. The maximum Gasteiger partial charge on any atom is 0.120 e. The predicted octanol–water partition coefficient (Wildman–Crippen LogP) is 1.99. The zero-order valence-electron chi connectivity index (χ0n) is 8.45. The van der Waals surface area contributed by atoms with Crippen LogP contribution in [-0.4, -0.2) is 16.8 Å². The minimum Gasteiger partial charge on any atom is -0.508 e. The predicted molar refractivity (Wildman–Crippen MR) is 56.4 cm³/mol. The Hall–Kier alpha value is -1.22. The van der Waals surface area contributed by atoms with E-state index in [1.165, 1.54) is 12.1 Å². The first kappa shape index (κ1) is 10.9. The lowest BCUT2D eigenvalue weighted by Crippen LogP contribution is -2.14. The molecule has 14 heavy (non-hydrogen) atoms. The Kier molecular flexibility index (Phi) is 4.26. The second kappa shape index (κ2) is 5.50. The van der Waals surface area contributed by atoms with Gasteiger partial charge in [-0.15, -0.1) is 0 Å². The van der Waals surface area contributed by atoms with Gasteiger partial charge in [0.15, 0.2) is 0 Å². The van der Waals surface area contributed by atoms with Crippen LogP contribution in [0.15, 0.2) is 18.2 Å². The van der Waals surface area contributed by atoms with Crippen LogP contribution in [0.1, 0.15) is 25.3 Å². The minimum atomic E-state index is 0.190. The normalized spacial score (nSPS) is 10.4. The van der Waals surface area contributed by atoms with Crippen LogP contribution in [-0.2, 0) is 6.54 Å². The molecular formula is C11H17NO2. The minimum absolute atomic E-state index is 0.190. The SMILES string of the molecule is CCCCNCc1cc(O)ccc1O. The van der Waals surface area contributed by atoms with Crippen LogP contribution in [0.25, 0.3) is 0 Å². The van der Waals surface area contributed by atoms with Gasteiger partial charge >= 0.3 is 0 Å². The van der Waals surface area contributed by atoms with Gasteiger partial charge in [-0.3, -0.25) is 0 Å². The molecule has 0 bridgehead atoms. The van der Waals surface area contributed by atoms with Crippen LogP contribution < -0.4 is 5.32 Å². The Morgan fingerprint density at radius 3 is 2.79 bits per heavy atom. The molecule has 3 nitrogen and oxygen atoms in total. The Labute approximate surface area is 84.4 Å². The van der Waals surface area contributed by atoms with Crippen molar-refractivity contribution in [2.45, 2.75) is 26.3 Å². The summed E-state index contributed by atoms with van der Waals surface area (Å²) in [6, 6.07) is 4.56. The lowest BCUT2D eigenvalue weighted by Gasteiger charge is -2.06. The molecule has 0 aliphatic carbocycles. The van der Waals surface area contributed by atoms with Gasteiger partial charge in [0.25, 0.3) is 0 Å². The van der Waals surface area contributed by atoms with E-state index < -0.39 is 0 Å². The molecule has 0 aromatic heterocycles.